The van der Waals surface area contributed by atoms with E-state index in [2.05, 4.69) is 0 Å². The fourth-order valence-corrected chi connectivity index (χ4v) is 2.43. The number of benzene rings is 2. The molecule has 0 saturated carbocycles. The zero-order chi connectivity index (χ0) is 21.8. The van der Waals surface area contributed by atoms with Crippen LogP contribution in [0.2, 0.25) is 0 Å². The first-order chi connectivity index (χ1) is 13.7. The molecular weight excluding hydrogens is 485 g/mol. The van der Waals surface area contributed by atoms with Crippen LogP contribution >= 0.6 is 22.6 Å². The SMILES string of the molecule is CC(=O)c1ccccc1.CC(C)C([NH-])C(=O)Oc1ccc(CC(=O)OCI)cc1. The minimum Gasteiger partial charge on any atom is -0.665 e. The zero-order valence-corrected chi connectivity index (χ0v) is 18.8. The molecule has 156 valence electrons. The summed E-state index contributed by atoms with van der Waals surface area (Å²) >= 11 is 1.96. The van der Waals surface area contributed by atoms with E-state index in [1.807, 2.05) is 52.9 Å². The maximum atomic E-state index is 11.6. The zero-order valence-electron chi connectivity index (χ0n) is 16.7. The van der Waals surface area contributed by atoms with Gasteiger partial charge in [-0.25, -0.2) is 0 Å². The van der Waals surface area contributed by atoms with E-state index in [-0.39, 0.29) is 24.1 Å². The van der Waals surface area contributed by atoms with Crippen LogP contribution in [0.25, 0.3) is 5.73 Å². The third kappa shape index (κ3) is 9.67. The smallest absolute Gasteiger partial charge is 0.311 e. The minimum absolute atomic E-state index is 0.0928. The van der Waals surface area contributed by atoms with Crippen molar-refractivity contribution < 1.29 is 23.9 Å². The van der Waals surface area contributed by atoms with Gasteiger partial charge in [0.15, 0.2) is 5.78 Å². The second kappa shape index (κ2) is 13.1. The van der Waals surface area contributed by atoms with Crippen molar-refractivity contribution in [3.63, 3.8) is 0 Å². The standard InChI is InChI=1S/C14H17INO4.C8H8O/c1-9(2)13(16)14(18)20-11-5-3-10(4-6-11)7-12(17)19-8-15;1-7(9)8-5-3-2-4-6-8/h3-6,9,13,16H,7-8H2,1-2H3;2-6H,1H3/q-1;. The van der Waals surface area contributed by atoms with Gasteiger partial charge in [-0.3, -0.25) is 14.4 Å². The molecule has 29 heavy (non-hydrogen) atoms. The lowest BCUT2D eigenvalue weighted by Gasteiger charge is -2.21. The fraction of sp³-hybridized carbons (Fsp3) is 0.318. The molecule has 0 spiro atoms. The summed E-state index contributed by atoms with van der Waals surface area (Å²) in [5.74, 6) is -0.466. The van der Waals surface area contributed by atoms with Crippen LogP contribution in [0.3, 0.4) is 0 Å². The number of alkyl halides is 1. The predicted octanol–water partition coefficient (Wildman–Crippen LogP) is 5.04. The van der Waals surface area contributed by atoms with Crippen molar-refractivity contribution in [3.05, 3.63) is 71.5 Å². The van der Waals surface area contributed by atoms with Gasteiger partial charge in [0.1, 0.15) is 10.4 Å². The number of hydrogen-bond acceptors (Lipinski definition) is 5. The Bertz CT molecular complexity index is 791. The first-order valence-corrected chi connectivity index (χ1v) is 10.6. The molecule has 0 aliphatic carbocycles. The number of esters is 2. The van der Waals surface area contributed by atoms with Crippen molar-refractivity contribution in [1.29, 1.82) is 0 Å². The minimum atomic E-state index is -0.895. The largest absolute Gasteiger partial charge is 0.665 e. The van der Waals surface area contributed by atoms with Crippen LogP contribution in [0.1, 0.15) is 36.7 Å². The number of ether oxygens (including phenoxy) is 2. The molecule has 0 radical (unpaired) electrons. The summed E-state index contributed by atoms with van der Waals surface area (Å²) in [6.07, 6.45) is 0.185. The Morgan fingerprint density at radius 1 is 1.00 bits per heavy atom. The Kier molecular flexibility index (Phi) is 11.2. The van der Waals surface area contributed by atoms with Crippen LogP contribution in [0.5, 0.6) is 5.75 Å². The molecule has 6 nitrogen and oxygen atoms in total. The van der Waals surface area contributed by atoms with Gasteiger partial charge in [0.2, 0.25) is 0 Å². The summed E-state index contributed by atoms with van der Waals surface area (Å²) in [6, 6.07) is 14.9. The molecule has 1 N–H and O–H groups in total. The van der Waals surface area contributed by atoms with E-state index in [0.29, 0.717) is 10.4 Å². The lowest BCUT2D eigenvalue weighted by molar-refractivity contribution is -0.140. The number of ketones is 1. The normalized spacial score (nSPS) is 11.1. The van der Waals surface area contributed by atoms with Gasteiger partial charge >= 0.3 is 5.97 Å². The van der Waals surface area contributed by atoms with Gasteiger partial charge in [0.05, 0.1) is 6.42 Å². The number of hydrogen-bond donors (Lipinski definition) is 0. The molecule has 0 fully saturated rings. The molecule has 0 amide bonds. The molecule has 0 aliphatic rings. The number of rotatable bonds is 7. The van der Waals surface area contributed by atoms with E-state index in [0.717, 1.165) is 11.1 Å². The summed E-state index contributed by atoms with van der Waals surface area (Å²) in [5, 5.41) is 0. The highest BCUT2D eigenvalue weighted by Crippen LogP contribution is 2.16. The lowest BCUT2D eigenvalue weighted by Crippen LogP contribution is -2.26. The molecule has 2 rings (SSSR count). The van der Waals surface area contributed by atoms with Gasteiger partial charge in [-0.05, 0) is 53.3 Å². The Balaban J connectivity index is 0.000000387. The third-order valence-electron chi connectivity index (χ3n) is 3.81. The Hall–Kier alpha value is -2.26. The number of carbonyl (C=O) groups excluding carboxylic acids is 3. The van der Waals surface area contributed by atoms with Crippen LogP contribution in [-0.2, 0) is 20.7 Å². The van der Waals surface area contributed by atoms with E-state index < -0.39 is 12.0 Å². The molecule has 1 unspecified atom stereocenters. The van der Waals surface area contributed by atoms with Gasteiger partial charge in [-0.1, -0.05) is 62.2 Å². The van der Waals surface area contributed by atoms with Gasteiger partial charge in [-0.15, -0.1) is 0 Å². The van der Waals surface area contributed by atoms with Gasteiger partial charge in [0.25, 0.3) is 5.97 Å². The molecule has 0 aliphatic heterocycles. The maximum Gasteiger partial charge on any atom is 0.311 e. The first-order valence-electron chi connectivity index (χ1n) is 9.04. The second-order valence-electron chi connectivity index (χ2n) is 6.51. The van der Waals surface area contributed by atoms with Crippen molar-refractivity contribution in [1.82, 2.24) is 0 Å². The molecule has 0 aromatic heterocycles. The fourth-order valence-electron chi connectivity index (χ4n) is 2.08. The molecule has 0 saturated heterocycles. The highest BCUT2D eigenvalue weighted by atomic mass is 127. The highest BCUT2D eigenvalue weighted by Gasteiger charge is 2.13. The van der Waals surface area contributed by atoms with Gasteiger partial charge in [0, 0.05) is 5.56 Å². The van der Waals surface area contributed by atoms with Gasteiger partial charge in [-0.2, -0.15) is 0 Å². The predicted molar refractivity (Wildman–Crippen MR) is 120 cm³/mol. The second-order valence-corrected chi connectivity index (χ2v) is 7.13. The lowest BCUT2D eigenvalue weighted by atomic mass is 10.1. The molecule has 2 aromatic carbocycles. The van der Waals surface area contributed by atoms with Crippen LogP contribution in [0, 0.1) is 5.92 Å². The average Bonchev–Trinajstić information content (AvgIpc) is 2.70. The number of halogens is 1. The van der Waals surface area contributed by atoms with E-state index >= 15 is 0 Å². The quantitative estimate of drug-likeness (QED) is 0.171. The molecule has 2 aromatic rings. The van der Waals surface area contributed by atoms with Crippen molar-refractivity contribution in [2.24, 2.45) is 5.92 Å². The Labute approximate surface area is 184 Å². The van der Waals surface area contributed by atoms with E-state index in [9.17, 15) is 14.4 Å². The van der Waals surface area contributed by atoms with E-state index in [1.165, 1.54) is 0 Å². The summed E-state index contributed by atoms with van der Waals surface area (Å²) in [6.45, 7) is 5.15. The monoisotopic (exact) mass is 510 g/mol. The van der Waals surface area contributed by atoms with E-state index in [4.69, 9.17) is 15.2 Å². The van der Waals surface area contributed by atoms with E-state index in [1.54, 1.807) is 45.0 Å². The summed E-state index contributed by atoms with van der Waals surface area (Å²) in [7, 11) is 0. The molecule has 0 heterocycles. The molecule has 7 heteroatoms. The molecule has 1 atom stereocenters. The summed E-state index contributed by atoms with van der Waals surface area (Å²) < 4.78 is 10.3. The highest BCUT2D eigenvalue weighted by molar-refractivity contribution is 14.1. The van der Waals surface area contributed by atoms with Crippen molar-refractivity contribution in [2.75, 3.05) is 4.61 Å². The van der Waals surface area contributed by atoms with Crippen molar-refractivity contribution >= 4 is 40.3 Å². The number of carbonyl (C=O) groups is 3. The maximum absolute atomic E-state index is 11.6. The Morgan fingerprint density at radius 3 is 2.03 bits per heavy atom. The van der Waals surface area contributed by atoms with Crippen molar-refractivity contribution in [2.45, 2.75) is 33.2 Å². The first kappa shape index (κ1) is 24.8. The van der Waals surface area contributed by atoms with Gasteiger partial charge < -0.3 is 15.2 Å². The Morgan fingerprint density at radius 2 is 1.59 bits per heavy atom. The van der Waals surface area contributed by atoms with Crippen molar-refractivity contribution in [3.8, 4) is 5.75 Å². The summed E-state index contributed by atoms with van der Waals surface area (Å²) in [4.78, 5) is 33.6. The topological polar surface area (TPSA) is 93.5 Å². The third-order valence-corrected chi connectivity index (χ3v) is 4.12. The van der Waals surface area contributed by atoms with Crippen LogP contribution in [-0.4, -0.2) is 28.4 Å². The summed E-state index contributed by atoms with van der Waals surface area (Å²) in [5.41, 5.74) is 9.19. The van der Waals surface area contributed by atoms with Crippen LogP contribution in [0.15, 0.2) is 54.6 Å². The van der Waals surface area contributed by atoms with Crippen LogP contribution < -0.4 is 4.74 Å². The average molecular weight is 510 g/mol. The number of Topliss-reactive ketones (excluding diaryl/α,β-unsaturated/α-hetero) is 1. The molecule has 0 bridgehead atoms. The van der Waals surface area contributed by atoms with Crippen LogP contribution in [0.4, 0.5) is 0 Å². The number of nitrogens with one attached hydrogen (secondary N) is 1. The molecular formula is C22H25INO5-.